The second-order valence-corrected chi connectivity index (χ2v) is 15.3. The van der Waals surface area contributed by atoms with Gasteiger partial charge in [-0.3, -0.25) is 4.21 Å². The lowest BCUT2D eigenvalue weighted by Crippen LogP contribution is -2.24. The van der Waals surface area contributed by atoms with Gasteiger partial charge in [-0.15, -0.1) is 10.2 Å². The Bertz CT molecular complexity index is 1960. The summed E-state index contributed by atoms with van der Waals surface area (Å²) in [5.74, 6) is 1.02. The zero-order valence-electron chi connectivity index (χ0n) is 27.4. The average molecular weight is 727 g/mol. The number of aromatic nitrogens is 1. The second-order valence-electron chi connectivity index (χ2n) is 10.8. The zero-order valence-corrected chi connectivity index (χ0v) is 29.8. The molecule has 0 bridgehead atoms. The highest BCUT2D eigenvalue weighted by Crippen LogP contribution is 2.39. The third-order valence-electron chi connectivity index (χ3n) is 7.31. The van der Waals surface area contributed by atoms with Crippen LogP contribution in [0, 0.1) is 18.3 Å². The fourth-order valence-corrected chi connectivity index (χ4v) is 7.10. The molecule has 3 unspecified atom stereocenters. The van der Waals surface area contributed by atoms with E-state index in [2.05, 4.69) is 38.4 Å². The van der Waals surface area contributed by atoms with Crippen LogP contribution in [-0.2, 0) is 36.4 Å². The van der Waals surface area contributed by atoms with Gasteiger partial charge in [0.25, 0.3) is 0 Å². The third-order valence-corrected chi connectivity index (χ3v) is 11.1. The van der Waals surface area contributed by atoms with Crippen molar-refractivity contribution >= 4 is 70.9 Å². The molecule has 0 saturated heterocycles. The number of hydrogen-bond acceptors (Lipinski definition) is 12. The van der Waals surface area contributed by atoms with Gasteiger partial charge in [-0.2, -0.15) is 15.5 Å². The minimum Gasteiger partial charge on any atom is -0.382 e. The molecule has 4 rings (SSSR count). The number of azo groups is 2. The van der Waals surface area contributed by atoms with Gasteiger partial charge in [0.2, 0.25) is 0 Å². The van der Waals surface area contributed by atoms with Gasteiger partial charge < -0.3 is 24.1 Å². The maximum absolute atomic E-state index is 13.6. The Morgan fingerprint density at radius 1 is 1.14 bits per heavy atom. The third kappa shape index (κ3) is 9.94. The zero-order chi connectivity index (χ0) is 35.6. The molecular weight excluding hydrogens is 689 g/mol. The molecule has 1 aliphatic rings. The highest BCUT2D eigenvalue weighted by molar-refractivity contribution is 7.98. The first kappa shape index (κ1) is 37.6. The van der Waals surface area contributed by atoms with Crippen molar-refractivity contribution in [2.75, 3.05) is 49.3 Å². The number of nitrogens with zero attached hydrogens (tertiary/aromatic N) is 7. The highest BCUT2D eigenvalue weighted by atomic mass is 32.2. The van der Waals surface area contributed by atoms with Gasteiger partial charge in [-0.25, -0.2) is 13.4 Å². The van der Waals surface area contributed by atoms with Crippen LogP contribution in [0.3, 0.4) is 0 Å². The van der Waals surface area contributed by atoms with Crippen LogP contribution in [0.25, 0.3) is 0 Å². The normalized spacial score (nSPS) is 15.1. The molecule has 17 heteroatoms. The highest BCUT2D eigenvalue weighted by Gasteiger charge is 2.27. The summed E-state index contributed by atoms with van der Waals surface area (Å²) < 4.78 is 62.8. The SMILES string of the molecule is C=CS(=O)CCN(C)c1nc(NCCCOCC)c(C#N)c(C)c1N=Nc1ccc(N=Nc2ccc(S(=O)O)cc2)cc1S(=O)(O)=C1CC1. The lowest BCUT2D eigenvalue weighted by atomic mass is 10.1. The Labute approximate surface area is 291 Å². The Kier molecular flexibility index (Phi) is 13.4. The number of anilines is 2. The predicted molar refractivity (Wildman–Crippen MR) is 193 cm³/mol. The molecule has 0 radical (unpaired) electrons. The summed E-state index contributed by atoms with van der Waals surface area (Å²) in [4.78, 5) is 7.21. The van der Waals surface area contributed by atoms with E-state index in [4.69, 9.17) is 9.72 Å². The monoisotopic (exact) mass is 726 g/mol. The van der Waals surface area contributed by atoms with Crippen molar-refractivity contribution in [3.63, 3.8) is 0 Å². The fraction of sp³-hybridized carbons (Fsp3) is 0.344. The minimum atomic E-state index is -3.61. The topological polar surface area (TPSA) is 202 Å². The number of pyridine rings is 1. The van der Waals surface area contributed by atoms with Crippen molar-refractivity contribution < 1.29 is 26.5 Å². The molecule has 1 saturated carbocycles. The smallest absolute Gasteiger partial charge is 0.186 e. The van der Waals surface area contributed by atoms with Gasteiger partial charge in [0.05, 0.1) is 26.7 Å². The van der Waals surface area contributed by atoms with E-state index in [1.165, 1.54) is 41.8 Å². The summed E-state index contributed by atoms with van der Waals surface area (Å²) in [5, 5.41) is 31.9. The van der Waals surface area contributed by atoms with E-state index in [-0.39, 0.29) is 38.2 Å². The van der Waals surface area contributed by atoms with E-state index in [0.29, 0.717) is 73.3 Å². The van der Waals surface area contributed by atoms with Gasteiger partial charge in [0.1, 0.15) is 33.1 Å². The summed E-state index contributed by atoms with van der Waals surface area (Å²) in [6.45, 7) is 9.22. The average Bonchev–Trinajstić information content (AvgIpc) is 3.96. The molecule has 3 aromatic rings. The van der Waals surface area contributed by atoms with Crippen LogP contribution in [0.5, 0.6) is 0 Å². The van der Waals surface area contributed by atoms with Crippen LogP contribution >= 0.6 is 0 Å². The molecule has 260 valence electrons. The molecule has 0 aliphatic heterocycles. The van der Waals surface area contributed by atoms with Gasteiger partial charge in [-0.05, 0) is 81.0 Å². The molecule has 3 N–H and O–H groups in total. The van der Waals surface area contributed by atoms with Crippen LogP contribution in [0.2, 0.25) is 0 Å². The van der Waals surface area contributed by atoms with Crippen molar-refractivity contribution in [1.82, 2.24) is 4.98 Å². The molecule has 0 spiro atoms. The number of hydrogen-bond donors (Lipinski definition) is 3. The maximum atomic E-state index is 13.6. The Hall–Kier alpha value is -4.18. The molecule has 14 nitrogen and oxygen atoms in total. The number of nitriles is 1. The van der Waals surface area contributed by atoms with E-state index >= 15 is 0 Å². The van der Waals surface area contributed by atoms with Crippen molar-refractivity contribution in [1.29, 1.82) is 5.26 Å². The summed E-state index contributed by atoms with van der Waals surface area (Å²) in [5.41, 5.74) is 1.85. The standard InChI is InChI=1S/C32H38N8O6S3/c1-5-46-18-7-16-34-31-27(21-33)22(3)30(32(35-31)40(4)17-19-47(41)6-2)39-38-28-15-10-24(20-29(28)49(44,45)26-13-14-26)37-36-23-8-11-25(12-9-23)48(42)43/h6,8-12,15,20H,2,5,7,13-14,16-19H2,1,3-4H3,(H,34,35)(H,42,43)(H,44,45). The van der Waals surface area contributed by atoms with Crippen molar-refractivity contribution in [2.45, 2.75) is 42.9 Å². The van der Waals surface area contributed by atoms with Gasteiger partial charge in [0.15, 0.2) is 16.9 Å². The van der Waals surface area contributed by atoms with Crippen molar-refractivity contribution in [3.8, 4) is 6.07 Å². The second kappa shape index (κ2) is 17.5. The summed E-state index contributed by atoms with van der Waals surface area (Å²) in [7, 11) is -3.11. The van der Waals surface area contributed by atoms with E-state index in [0.717, 1.165) is 0 Å². The molecule has 49 heavy (non-hydrogen) atoms. The Balaban J connectivity index is 1.75. The Morgan fingerprint density at radius 3 is 2.47 bits per heavy atom. The van der Waals surface area contributed by atoms with E-state index in [1.807, 2.05) is 6.92 Å². The minimum absolute atomic E-state index is 0.0150. The largest absolute Gasteiger partial charge is 0.382 e. The first-order chi connectivity index (χ1) is 23.5. The number of ether oxygens (including phenoxy) is 1. The summed E-state index contributed by atoms with van der Waals surface area (Å²) >= 11 is -2.12. The summed E-state index contributed by atoms with van der Waals surface area (Å²) in [6, 6.07) is 12.7. The fourth-order valence-electron chi connectivity index (χ4n) is 4.47. The quantitative estimate of drug-likeness (QED) is 0.0567. The first-order valence-corrected chi connectivity index (χ1v) is 19.3. The number of rotatable bonds is 17. The lowest BCUT2D eigenvalue weighted by molar-refractivity contribution is 0.147. The maximum Gasteiger partial charge on any atom is 0.186 e. The van der Waals surface area contributed by atoms with Crippen molar-refractivity contribution in [2.24, 2.45) is 20.5 Å². The van der Waals surface area contributed by atoms with Crippen LogP contribution in [0.15, 0.2) is 84.7 Å². The number of benzene rings is 2. The van der Waals surface area contributed by atoms with E-state index < -0.39 is 31.7 Å². The Morgan fingerprint density at radius 2 is 1.84 bits per heavy atom. The van der Waals surface area contributed by atoms with Gasteiger partial charge >= 0.3 is 0 Å². The van der Waals surface area contributed by atoms with E-state index in [9.17, 15) is 27.0 Å². The molecule has 3 atom stereocenters. The number of nitrogens with one attached hydrogen (secondary N) is 1. The van der Waals surface area contributed by atoms with Crippen LogP contribution < -0.4 is 10.2 Å². The molecule has 2 aromatic carbocycles. The van der Waals surface area contributed by atoms with Crippen LogP contribution in [0.1, 0.15) is 37.3 Å². The predicted octanol–water partition coefficient (Wildman–Crippen LogP) is 6.92. The molecule has 1 heterocycles. The molecule has 1 fully saturated rings. The van der Waals surface area contributed by atoms with Gasteiger partial charge in [0, 0.05) is 60.3 Å². The molecule has 1 aromatic heterocycles. The van der Waals surface area contributed by atoms with Crippen LogP contribution in [0.4, 0.5) is 34.4 Å². The lowest BCUT2D eigenvalue weighted by Gasteiger charge is -2.22. The van der Waals surface area contributed by atoms with Crippen molar-refractivity contribution in [3.05, 3.63) is 65.6 Å². The van der Waals surface area contributed by atoms with Gasteiger partial charge in [-0.1, -0.05) is 6.58 Å². The first-order valence-electron chi connectivity index (χ1n) is 15.3. The molecule has 0 amide bonds. The molecule has 1 aliphatic carbocycles. The molecular formula is C32H38N8O6S3. The van der Waals surface area contributed by atoms with Crippen LogP contribution in [-0.4, -0.2) is 70.7 Å². The van der Waals surface area contributed by atoms with E-state index in [1.54, 1.807) is 24.9 Å². The summed E-state index contributed by atoms with van der Waals surface area (Å²) in [6.07, 6.45) is 1.70.